The Kier molecular flexibility index (Phi) is 6.31. The molecule has 0 unspecified atom stereocenters. The molecule has 23 heavy (non-hydrogen) atoms. The lowest BCUT2D eigenvalue weighted by atomic mass is 10.2. The highest BCUT2D eigenvalue weighted by Gasteiger charge is 2.03. The molecule has 0 heterocycles. The van der Waals surface area contributed by atoms with Crippen LogP contribution in [0, 0.1) is 10.1 Å². The van der Waals surface area contributed by atoms with Crippen LogP contribution < -0.4 is 5.43 Å². The van der Waals surface area contributed by atoms with Crippen molar-refractivity contribution < 1.29 is 9.72 Å². The number of hydrazone groups is 1. The molecule has 0 radical (unpaired) electrons. The molecular weight excluding hydrogens is 314 g/mol. The van der Waals surface area contributed by atoms with Crippen molar-refractivity contribution in [3.63, 3.8) is 0 Å². The summed E-state index contributed by atoms with van der Waals surface area (Å²) in [6.07, 6.45) is 1.81. The molecule has 0 aliphatic carbocycles. The summed E-state index contributed by atoms with van der Waals surface area (Å²) in [5.74, 6) is 0.495. The Morgan fingerprint density at radius 3 is 2.52 bits per heavy atom. The third-order valence-electron chi connectivity index (χ3n) is 2.85. The predicted octanol–water partition coefficient (Wildman–Crippen LogP) is 3.23. The number of carbonyl (C=O) groups is 1. The highest BCUT2D eigenvalue weighted by atomic mass is 32.2. The molecule has 118 valence electrons. The van der Waals surface area contributed by atoms with Gasteiger partial charge >= 0.3 is 0 Å². The fourth-order valence-corrected chi connectivity index (χ4v) is 2.57. The van der Waals surface area contributed by atoms with Gasteiger partial charge in [-0.15, -0.1) is 11.8 Å². The van der Waals surface area contributed by atoms with Crippen LogP contribution in [-0.4, -0.2) is 22.8 Å². The number of carbonyl (C=O) groups excluding carboxylic acids is 1. The van der Waals surface area contributed by atoms with Crippen molar-refractivity contribution >= 4 is 29.6 Å². The number of nitro groups is 1. The Balaban J connectivity index is 1.72. The average molecular weight is 329 g/mol. The highest BCUT2D eigenvalue weighted by Crippen LogP contribution is 2.17. The largest absolute Gasteiger partial charge is 0.273 e. The normalized spacial score (nSPS) is 10.6. The zero-order valence-electron chi connectivity index (χ0n) is 12.2. The van der Waals surface area contributed by atoms with Crippen LogP contribution in [0.15, 0.2) is 64.6 Å². The van der Waals surface area contributed by atoms with Crippen LogP contribution in [-0.2, 0) is 4.79 Å². The third-order valence-corrected chi connectivity index (χ3v) is 3.86. The topological polar surface area (TPSA) is 84.6 Å². The van der Waals surface area contributed by atoms with Gasteiger partial charge in [-0.3, -0.25) is 14.9 Å². The van der Waals surface area contributed by atoms with Crippen LogP contribution in [0.4, 0.5) is 5.69 Å². The number of nitrogens with zero attached hydrogens (tertiary/aromatic N) is 2. The lowest BCUT2D eigenvalue weighted by Gasteiger charge is -2.01. The molecule has 6 nitrogen and oxygen atoms in total. The van der Waals surface area contributed by atoms with Crippen molar-refractivity contribution in [2.45, 2.75) is 11.3 Å². The fourth-order valence-electron chi connectivity index (χ4n) is 1.70. The summed E-state index contributed by atoms with van der Waals surface area (Å²) in [6.45, 7) is 0. The van der Waals surface area contributed by atoms with Gasteiger partial charge in [0, 0.05) is 29.2 Å². The zero-order valence-corrected chi connectivity index (χ0v) is 13.0. The molecule has 0 saturated heterocycles. The lowest BCUT2D eigenvalue weighted by Crippen LogP contribution is -2.17. The number of nitrogens with one attached hydrogen (secondary N) is 1. The first-order valence-corrected chi connectivity index (χ1v) is 7.88. The summed E-state index contributed by atoms with van der Waals surface area (Å²) < 4.78 is 0. The Hall–Kier alpha value is -2.67. The summed E-state index contributed by atoms with van der Waals surface area (Å²) in [5, 5.41) is 14.4. The molecule has 2 rings (SSSR count). The minimum atomic E-state index is -0.465. The van der Waals surface area contributed by atoms with E-state index >= 15 is 0 Å². The summed E-state index contributed by atoms with van der Waals surface area (Å²) >= 11 is 1.61. The monoisotopic (exact) mass is 329 g/mol. The van der Waals surface area contributed by atoms with Gasteiger partial charge in [-0.2, -0.15) is 5.10 Å². The van der Waals surface area contributed by atoms with E-state index in [2.05, 4.69) is 10.5 Å². The number of hydrogen-bond donors (Lipinski definition) is 1. The second kappa shape index (κ2) is 8.70. The standard InChI is InChI=1S/C16H15N3O3S/c20-16(10-11-23-15-4-2-1-3-5-15)18-17-12-13-6-8-14(9-7-13)19(21)22/h1-9,12H,10-11H2,(H,18,20)/b17-12+. The highest BCUT2D eigenvalue weighted by molar-refractivity contribution is 7.99. The van der Waals surface area contributed by atoms with E-state index in [9.17, 15) is 14.9 Å². The number of benzene rings is 2. The van der Waals surface area contributed by atoms with E-state index in [0.717, 1.165) is 4.90 Å². The maximum atomic E-state index is 11.6. The van der Waals surface area contributed by atoms with Crippen LogP contribution in [0.3, 0.4) is 0 Å². The molecule has 7 heteroatoms. The van der Waals surface area contributed by atoms with Crippen LogP contribution in [0.5, 0.6) is 0 Å². The molecule has 0 aliphatic rings. The molecule has 2 aromatic carbocycles. The van der Waals surface area contributed by atoms with Gasteiger partial charge in [0.05, 0.1) is 11.1 Å². The maximum absolute atomic E-state index is 11.6. The Morgan fingerprint density at radius 1 is 1.17 bits per heavy atom. The van der Waals surface area contributed by atoms with Crippen molar-refractivity contribution in [1.82, 2.24) is 5.43 Å². The van der Waals surface area contributed by atoms with Gasteiger partial charge in [-0.05, 0) is 29.8 Å². The molecular formula is C16H15N3O3S. The first-order chi connectivity index (χ1) is 11.1. The summed E-state index contributed by atoms with van der Waals surface area (Å²) in [5.41, 5.74) is 3.13. The van der Waals surface area contributed by atoms with Crippen LogP contribution in [0.2, 0.25) is 0 Å². The quantitative estimate of drug-likeness (QED) is 0.366. The number of thioether (sulfide) groups is 1. The van der Waals surface area contributed by atoms with E-state index in [1.807, 2.05) is 30.3 Å². The third kappa shape index (κ3) is 5.91. The van der Waals surface area contributed by atoms with Crippen molar-refractivity contribution in [3.8, 4) is 0 Å². The lowest BCUT2D eigenvalue weighted by molar-refractivity contribution is -0.384. The molecule has 0 atom stereocenters. The van der Waals surface area contributed by atoms with Crippen LogP contribution in [0.25, 0.3) is 0 Å². The molecule has 0 saturated carbocycles. The van der Waals surface area contributed by atoms with E-state index in [4.69, 9.17) is 0 Å². The molecule has 0 spiro atoms. The van der Waals surface area contributed by atoms with Gasteiger partial charge < -0.3 is 0 Å². The maximum Gasteiger partial charge on any atom is 0.269 e. The van der Waals surface area contributed by atoms with E-state index in [-0.39, 0.29) is 11.6 Å². The van der Waals surface area contributed by atoms with Crippen LogP contribution in [0.1, 0.15) is 12.0 Å². The van der Waals surface area contributed by atoms with Crippen molar-refractivity contribution in [2.75, 3.05) is 5.75 Å². The average Bonchev–Trinajstić information content (AvgIpc) is 2.56. The van der Waals surface area contributed by atoms with Crippen molar-refractivity contribution in [2.24, 2.45) is 5.10 Å². The first kappa shape index (κ1) is 16.7. The molecule has 1 amide bonds. The number of nitro benzene ring substituents is 1. The Morgan fingerprint density at radius 2 is 1.87 bits per heavy atom. The van der Waals surface area contributed by atoms with E-state index < -0.39 is 4.92 Å². The summed E-state index contributed by atoms with van der Waals surface area (Å²) in [4.78, 5) is 22.8. The van der Waals surface area contributed by atoms with Crippen LogP contribution >= 0.6 is 11.8 Å². The van der Waals surface area contributed by atoms with Gasteiger partial charge in [0.15, 0.2) is 0 Å². The van der Waals surface area contributed by atoms with Gasteiger partial charge in [0.2, 0.25) is 5.91 Å². The fraction of sp³-hybridized carbons (Fsp3) is 0.125. The zero-order chi connectivity index (χ0) is 16.5. The predicted molar refractivity (Wildman–Crippen MR) is 90.6 cm³/mol. The van der Waals surface area contributed by atoms with E-state index in [0.29, 0.717) is 17.7 Å². The van der Waals surface area contributed by atoms with Crippen molar-refractivity contribution in [1.29, 1.82) is 0 Å². The van der Waals surface area contributed by atoms with Gasteiger partial charge in [0.1, 0.15) is 0 Å². The SMILES string of the molecule is O=C(CCSc1ccccc1)N/N=C/c1ccc([N+](=O)[O-])cc1. The minimum absolute atomic E-state index is 0.0177. The molecule has 0 bridgehead atoms. The Bertz CT molecular complexity index is 687. The van der Waals surface area contributed by atoms with E-state index in [1.54, 1.807) is 23.9 Å². The Labute approximate surface area is 137 Å². The summed E-state index contributed by atoms with van der Waals surface area (Å²) in [6, 6.07) is 15.8. The van der Waals surface area contributed by atoms with Gasteiger partial charge in [-0.1, -0.05) is 18.2 Å². The minimum Gasteiger partial charge on any atom is -0.273 e. The molecule has 2 aromatic rings. The second-order valence-corrected chi connectivity index (χ2v) is 5.72. The van der Waals surface area contributed by atoms with Crippen molar-refractivity contribution in [3.05, 3.63) is 70.3 Å². The van der Waals surface area contributed by atoms with Gasteiger partial charge in [-0.25, -0.2) is 5.43 Å². The smallest absolute Gasteiger partial charge is 0.269 e. The number of hydrogen-bond acceptors (Lipinski definition) is 5. The molecule has 0 aliphatic heterocycles. The number of non-ortho nitro benzene ring substituents is 1. The summed E-state index contributed by atoms with van der Waals surface area (Å²) in [7, 11) is 0. The molecule has 1 N–H and O–H groups in total. The molecule has 0 fully saturated rings. The first-order valence-electron chi connectivity index (χ1n) is 6.89. The molecule has 0 aromatic heterocycles. The number of amides is 1. The second-order valence-electron chi connectivity index (χ2n) is 4.55. The van der Waals surface area contributed by atoms with Gasteiger partial charge in [0.25, 0.3) is 5.69 Å². The number of rotatable bonds is 7. The van der Waals surface area contributed by atoms with E-state index in [1.165, 1.54) is 18.3 Å².